The summed E-state index contributed by atoms with van der Waals surface area (Å²) < 4.78 is 61.9. The first-order valence-electron chi connectivity index (χ1n) is 23.5. The molecule has 5 rings (SSSR count). The molecule has 1 amide bonds. The van der Waals surface area contributed by atoms with Crippen LogP contribution in [0.3, 0.4) is 0 Å². The van der Waals surface area contributed by atoms with E-state index in [0.29, 0.717) is 25.1 Å². The number of nitrogens with zero attached hydrogens (tertiary/aromatic N) is 2. The molecule has 1 aromatic carbocycles. The normalized spacial score (nSPS) is 41.9. The van der Waals surface area contributed by atoms with Crippen LogP contribution in [0.25, 0.3) is 0 Å². The van der Waals surface area contributed by atoms with Crippen molar-refractivity contribution in [1.29, 1.82) is 0 Å². The van der Waals surface area contributed by atoms with Crippen LogP contribution in [0, 0.1) is 17.8 Å². The maximum atomic E-state index is 14.7. The van der Waals surface area contributed by atoms with Crippen LogP contribution in [-0.2, 0) is 54.0 Å². The van der Waals surface area contributed by atoms with Gasteiger partial charge < -0.3 is 67.8 Å². The molecule has 376 valence electrons. The predicted octanol–water partition coefficient (Wildman–Crippen LogP) is 5.03. The summed E-state index contributed by atoms with van der Waals surface area (Å²) in [5.74, 6) is -1.97. The number of aliphatic hydroxyl groups is 2. The van der Waals surface area contributed by atoms with Crippen molar-refractivity contribution in [2.75, 3.05) is 41.9 Å². The van der Waals surface area contributed by atoms with Crippen molar-refractivity contribution in [3.8, 4) is 5.75 Å². The van der Waals surface area contributed by atoms with Gasteiger partial charge in [0, 0.05) is 44.6 Å². The summed E-state index contributed by atoms with van der Waals surface area (Å²) in [5, 5.41) is 27.3. The summed E-state index contributed by atoms with van der Waals surface area (Å²) in [4.78, 5) is 44.8. The van der Waals surface area contributed by atoms with Gasteiger partial charge in [0.15, 0.2) is 30.4 Å². The van der Waals surface area contributed by atoms with E-state index in [0.717, 1.165) is 5.56 Å². The number of hydrogen-bond donors (Lipinski definition) is 3. The molecule has 4 fully saturated rings. The number of aliphatic hydroxyl groups excluding tert-OH is 1. The first kappa shape index (κ1) is 53.6. The Hall–Kier alpha value is -3.33. The second-order valence-corrected chi connectivity index (χ2v) is 20.2. The lowest BCUT2D eigenvalue weighted by molar-refractivity contribution is -0.317. The summed E-state index contributed by atoms with van der Waals surface area (Å²) in [5.41, 5.74) is -3.24. The number of esters is 1. The second kappa shape index (κ2) is 22.0. The molecule has 0 aliphatic carbocycles. The number of cyclic esters (lactones) is 1. The Morgan fingerprint density at radius 1 is 0.955 bits per heavy atom. The first-order chi connectivity index (χ1) is 30.9. The zero-order valence-corrected chi connectivity index (χ0v) is 41.8. The van der Waals surface area contributed by atoms with Crippen molar-refractivity contribution in [2.24, 2.45) is 17.8 Å². The summed E-state index contributed by atoms with van der Waals surface area (Å²) in [6.45, 7) is 18.9. The van der Waals surface area contributed by atoms with Crippen LogP contribution in [0.4, 0.5) is 9.59 Å². The standard InChI is InChI=1S/C48H79N3O15/c1-16-35-48(10)40(65-45(55)66-48)30(6)51(13)25-26(2)22-46(8,56)39(63-43-37(52)34(50(11)12)21-27(3)59-43)28(4)38(29(5)42(53)61-35)62-36-23-47(9,58-15)41(31(7)60-36)64-44(54)49-24-32-17-19-33(57-14)20-18-32/h17-20,26-31,34-41,43,52,56H,16,21-25H2,1-15H3,(H,49,54)/t26-,27-,28+,29-,30-,31+,34+,35-,36+,37-,38+,39-,40-,41+,43+,46-,47-,48-/m1/s1. The smallest absolute Gasteiger partial charge is 0.497 e. The van der Waals surface area contributed by atoms with Crippen molar-refractivity contribution in [1.82, 2.24) is 15.1 Å². The average Bonchev–Trinajstić information content (AvgIpc) is 3.57. The third-order valence-electron chi connectivity index (χ3n) is 14.5. The van der Waals surface area contributed by atoms with E-state index in [1.807, 2.05) is 77.7 Å². The Morgan fingerprint density at radius 3 is 2.23 bits per heavy atom. The van der Waals surface area contributed by atoms with Crippen molar-refractivity contribution in [2.45, 2.75) is 192 Å². The number of methoxy groups -OCH3 is 2. The fourth-order valence-corrected chi connectivity index (χ4v) is 10.6. The van der Waals surface area contributed by atoms with Gasteiger partial charge >= 0.3 is 18.2 Å². The van der Waals surface area contributed by atoms with Gasteiger partial charge in [0.25, 0.3) is 0 Å². The topological polar surface area (TPSA) is 202 Å². The molecule has 4 heterocycles. The average molecular weight is 938 g/mol. The van der Waals surface area contributed by atoms with Gasteiger partial charge in [0.1, 0.15) is 23.6 Å². The van der Waals surface area contributed by atoms with E-state index in [2.05, 4.69) is 5.32 Å². The maximum absolute atomic E-state index is 14.7. The Kier molecular flexibility index (Phi) is 17.8. The van der Waals surface area contributed by atoms with Crippen molar-refractivity contribution < 1.29 is 72.0 Å². The molecule has 0 spiro atoms. The molecular formula is C48H79N3O15. The summed E-state index contributed by atoms with van der Waals surface area (Å²) in [6, 6.07) is 6.61. The highest BCUT2D eigenvalue weighted by Crippen LogP contribution is 2.42. The molecule has 1 aromatic rings. The molecule has 0 saturated carbocycles. The molecule has 0 bridgehead atoms. The third kappa shape index (κ3) is 12.1. The summed E-state index contributed by atoms with van der Waals surface area (Å²) in [7, 11) is 8.78. The molecular weight excluding hydrogens is 859 g/mol. The number of rotatable bonds is 11. The molecule has 18 heteroatoms. The Balaban J connectivity index is 1.50. The van der Waals surface area contributed by atoms with Gasteiger partial charge in [-0.3, -0.25) is 9.69 Å². The summed E-state index contributed by atoms with van der Waals surface area (Å²) >= 11 is 0. The number of carbonyl (C=O) groups excluding carboxylic acids is 3. The number of hydrogen-bond acceptors (Lipinski definition) is 17. The lowest BCUT2D eigenvalue weighted by Crippen LogP contribution is -2.61. The molecule has 0 radical (unpaired) electrons. The number of carbonyl (C=O) groups is 3. The van der Waals surface area contributed by atoms with Crippen LogP contribution in [0.5, 0.6) is 5.75 Å². The van der Waals surface area contributed by atoms with Gasteiger partial charge in [-0.1, -0.05) is 32.9 Å². The SMILES string of the molecule is CC[C@H]1OC(=O)[C@H](C)[C@@H](O[C@H]2C[C@@](C)(OC)[C@@H](OC(=O)NCc3ccc(OC)cc3)[C@H](C)O2)[C@H](C)[C@@H](O[C@@H]2O[C@H](C)C[C@H](N(C)C)[C@H]2O)[C@](C)(O)C[C@@H](C)CN(C)[C@H](C)[C@H]2OC(=O)O[C@@]21C. The molecule has 4 aliphatic rings. The van der Waals surface area contributed by atoms with Crippen LogP contribution in [0.2, 0.25) is 0 Å². The number of benzene rings is 1. The van der Waals surface area contributed by atoms with Crippen molar-refractivity contribution in [3.05, 3.63) is 29.8 Å². The highest BCUT2D eigenvalue weighted by atomic mass is 16.8. The van der Waals surface area contributed by atoms with Crippen LogP contribution < -0.4 is 10.1 Å². The van der Waals surface area contributed by atoms with E-state index in [-0.39, 0.29) is 43.5 Å². The van der Waals surface area contributed by atoms with Gasteiger partial charge in [0.05, 0.1) is 43.0 Å². The van der Waals surface area contributed by atoms with E-state index in [4.69, 9.17) is 47.4 Å². The van der Waals surface area contributed by atoms with E-state index in [1.165, 1.54) is 7.11 Å². The summed E-state index contributed by atoms with van der Waals surface area (Å²) in [6.07, 6.45) is -9.45. The van der Waals surface area contributed by atoms with Gasteiger partial charge in [-0.25, -0.2) is 9.59 Å². The van der Waals surface area contributed by atoms with Crippen molar-refractivity contribution >= 4 is 18.2 Å². The maximum Gasteiger partial charge on any atom is 0.509 e. The number of nitrogens with one attached hydrogen (secondary N) is 1. The Bertz CT molecular complexity index is 1770. The molecule has 18 atom stereocenters. The highest BCUT2D eigenvalue weighted by molar-refractivity contribution is 5.73. The molecule has 66 heavy (non-hydrogen) atoms. The minimum Gasteiger partial charge on any atom is -0.497 e. The van der Waals surface area contributed by atoms with Gasteiger partial charge in [-0.2, -0.15) is 0 Å². The largest absolute Gasteiger partial charge is 0.509 e. The molecule has 4 saturated heterocycles. The Labute approximate surface area is 391 Å². The first-order valence-corrected chi connectivity index (χ1v) is 23.5. The molecule has 3 N–H and O–H groups in total. The van der Waals surface area contributed by atoms with Crippen LogP contribution in [0.15, 0.2) is 24.3 Å². The van der Waals surface area contributed by atoms with Gasteiger partial charge in [-0.05, 0) is 112 Å². The minimum absolute atomic E-state index is 0.0650. The zero-order valence-electron chi connectivity index (χ0n) is 41.8. The highest BCUT2D eigenvalue weighted by Gasteiger charge is 2.58. The zero-order chi connectivity index (χ0) is 49.1. The Morgan fingerprint density at radius 2 is 1.62 bits per heavy atom. The quantitative estimate of drug-likeness (QED) is 0.197. The number of alkyl carbamates (subject to hydrolysis) is 1. The van der Waals surface area contributed by atoms with Crippen LogP contribution in [0.1, 0.15) is 100 Å². The number of likely N-dealkylation sites (N-methyl/N-ethyl adjacent to an activating group) is 2. The molecule has 0 unspecified atom stereocenters. The van der Waals surface area contributed by atoms with Gasteiger partial charge in [-0.15, -0.1) is 0 Å². The van der Waals surface area contributed by atoms with E-state index in [1.54, 1.807) is 53.9 Å². The van der Waals surface area contributed by atoms with E-state index in [9.17, 15) is 24.6 Å². The lowest BCUT2D eigenvalue weighted by Gasteiger charge is -2.49. The molecule has 18 nitrogen and oxygen atoms in total. The molecule has 0 aromatic heterocycles. The fourth-order valence-electron chi connectivity index (χ4n) is 10.6. The fraction of sp³-hybridized carbons (Fsp3) is 0.812. The van der Waals surface area contributed by atoms with Crippen molar-refractivity contribution in [3.63, 3.8) is 0 Å². The van der Waals surface area contributed by atoms with E-state index >= 15 is 0 Å². The predicted molar refractivity (Wildman–Crippen MR) is 241 cm³/mol. The number of amides is 1. The molecule has 4 aliphatic heterocycles. The number of fused-ring (bicyclic) bond motifs is 1. The minimum atomic E-state index is -1.60. The van der Waals surface area contributed by atoms with Crippen LogP contribution >= 0.6 is 0 Å². The van der Waals surface area contributed by atoms with Gasteiger partial charge in [0.2, 0.25) is 0 Å². The monoisotopic (exact) mass is 938 g/mol. The lowest BCUT2D eigenvalue weighted by atomic mass is 9.77. The third-order valence-corrected chi connectivity index (χ3v) is 14.5. The second-order valence-electron chi connectivity index (χ2n) is 20.2. The number of ether oxygens (including phenoxy) is 10. The van der Waals surface area contributed by atoms with E-state index < -0.39 is 102 Å². The van der Waals surface area contributed by atoms with Crippen LogP contribution in [-0.4, -0.2) is 170 Å².